The zero-order valence-electron chi connectivity index (χ0n) is 11.1. The molecule has 0 saturated carbocycles. The molecule has 0 amide bonds. The predicted molar refractivity (Wildman–Crippen MR) is 75.3 cm³/mol. The third-order valence-electron chi connectivity index (χ3n) is 3.08. The molecule has 0 aliphatic rings. The second kappa shape index (κ2) is 6.20. The Morgan fingerprint density at radius 3 is 2.55 bits per heavy atom. The molecule has 5 heteroatoms. The van der Waals surface area contributed by atoms with Crippen LogP contribution in [0.1, 0.15) is 17.2 Å². The van der Waals surface area contributed by atoms with Crippen molar-refractivity contribution in [3.63, 3.8) is 0 Å². The molecule has 1 atom stereocenters. The lowest BCUT2D eigenvalue weighted by atomic mass is 9.97. The van der Waals surface area contributed by atoms with Crippen LogP contribution >= 0.6 is 11.6 Å². The van der Waals surface area contributed by atoms with Gasteiger partial charge in [-0.2, -0.15) is 0 Å². The third-order valence-corrected chi connectivity index (χ3v) is 3.41. The highest BCUT2D eigenvalue weighted by atomic mass is 35.5. The Morgan fingerprint density at radius 1 is 1.20 bits per heavy atom. The third kappa shape index (κ3) is 2.76. The van der Waals surface area contributed by atoms with E-state index in [1.165, 1.54) is 37.4 Å². The van der Waals surface area contributed by atoms with E-state index in [1.807, 2.05) is 0 Å². The Morgan fingerprint density at radius 2 is 1.95 bits per heavy atom. The summed E-state index contributed by atoms with van der Waals surface area (Å²) in [5.41, 5.74) is 0.752. The van der Waals surface area contributed by atoms with E-state index in [9.17, 15) is 8.78 Å². The molecule has 0 radical (unpaired) electrons. The minimum Gasteiger partial charge on any atom is -0.496 e. The number of rotatable bonds is 4. The SMILES string of the molecule is CNC(c1cc(F)ccc1OC)c1c(F)cccc1Cl. The molecule has 0 heterocycles. The number of ether oxygens (including phenoxy) is 1. The minimum atomic E-state index is -0.602. The number of hydrogen-bond donors (Lipinski definition) is 1. The van der Waals surface area contributed by atoms with Crippen molar-refractivity contribution in [2.75, 3.05) is 14.2 Å². The summed E-state index contributed by atoms with van der Waals surface area (Å²) in [5.74, 6) is -0.415. The molecule has 1 unspecified atom stereocenters. The summed E-state index contributed by atoms with van der Waals surface area (Å²) in [7, 11) is 3.13. The van der Waals surface area contributed by atoms with Gasteiger partial charge >= 0.3 is 0 Å². The fourth-order valence-electron chi connectivity index (χ4n) is 2.17. The zero-order valence-corrected chi connectivity index (χ0v) is 11.8. The molecule has 2 aromatic rings. The molecule has 0 bridgehead atoms. The van der Waals surface area contributed by atoms with Crippen molar-refractivity contribution < 1.29 is 13.5 Å². The van der Waals surface area contributed by atoms with Crippen LogP contribution in [0.3, 0.4) is 0 Å². The molecule has 20 heavy (non-hydrogen) atoms. The molecule has 0 saturated heterocycles. The number of nitrogens with one attached hydrogen (secondary N) is 1. The molecule has 0 aliphatic carbocycles. The van der Waals surface area contributed by atoms with E-state index in [0.29, 0.717) is 11.3 Å². The van der Waals surface area contributed by atoms with Crippen LogP contribution in [0.4, 0.5) is 8.78 Å². The highest BCUT2D eigenvalue weighted by molar-refractivity contribution is 6.31. The first-order valence-electron chi connectivity index (χ1n) is 6.03. The van der Waals surface area contributed by atoms with Crippen LogP contribution in [0.25, 0.3) is 0 Å². The van der Waals surface area contributed by atoms with E-state index >= 15 is 0 Å². The maximum Gasteiger partial charge on any atom is 0.129 e. The fraction of sp³-hybridized carbons (Fsp3) is 0.200. The van der Waals surface area contributed by atoms with Crippen molar-refractivity contribution in [1.82, 2.24) is 5.32 Å². The average molecular weight is 298 g/mol. The van der Waals surface area contributed by atoms with Gasteiger partial charge in [0.2, 0.25) is 0 Å². The lowest BCUT2D eigenvalue weighted by molar-refractivity contribution is 0.403. The van der Waals surface area contributed by atoms with Gasteiger partial charge in [-0.15, -0.1) is 0 Å². The molecule has 2 rings (SSSR count). The molecule has 2 nitrogen and oxygen atoms in total. The van der Waals surface area contributed by atoms with Crippen molar-refractivity contribution in [2.24, 2.45) is 0 Å². The van der Waals surface area contributed by atoms with Gasteiger partial charge in [-0.05, 0) is 37.4 Å². The second-order valence-electron chi connectivity index (χ2n) is 4.24. The molecule has 1 N–H and O–H groups in total. The Balaban J connectivity index is 2.61. The molecular weight excluding hydrogens is 284 g/mol. The van der Waals surface area contributed by atoms with Gasteiger partial charge in [-0.3, -0.25) is 0 Å². The van der Waals surface area contributed by atoms with Crippen LogP contribution in [0, 0.1) is 11.6 Å². The monoisotopic (exact) mass is 297 g/mol. The summed E-state index contributed by atoms with van der Waals surface area (Å²) in [4.78, 5) is 0. The van der Waals surface area contributed by atoms with E-state index in [0.717, 1.165) is 0 Å². The first-order valence-corrected chi connectivity index (χ1v) is 6.41. The lowest BCUT2D eigenvalue weighted by Crippen LogP contribution is -2.20. The summed E-state index contributed by atoms with van der Waals surface area (Å²) < 4.78 is 32.7. The van der Waals surface area contributed by atoms with Gasteiger partial charge < -0.3 is 10.1 Å². The van der Waals surface area contributed by atoms with E-state index in [2.05, 4.69) is 5.32 Å². The van der Waals surface area contributed by atoms with Gasteiger partial charge in [-0.25, -0.2) is 8.78 Å². The molecule has 0 aliphatic heterocycles. The van der Waals surface area contributed by atoms with E-state index < -0.39 is 17.7 Å². The zero-order chi connectivity index (χ0) is 14.7. The minimum absolute atomic E-state index is 0.264. The predicted octanol–water partition coefficient (Wildman–Crippen LogP) is 3.94. The smallest absolute Gasteiger partial charge is 0.129 e. The van der Waals surface area contributed by atoms with Crippen molar-refractivity contribution >= 4 is 11.6 Å². The number of benzene rings is 2. The van der Waals surface area contributed by atoms with Gasteiger partial charge in [0.15, 0.2) is 0 Å². The molecular formula is C15H14ClF2NO. The van der Waals surface area contributed by atoms with Crippen molar-refractivity contribution in [3.8, 4) is 5.75 Å². The maximum atomic E-state index is 14.1. The molecule has 0 aromatic heterocycles. The summed E-state index contributed by atoms with van der Waals surface area (Å²) in [6.45, 7) is 0. The quantitative estimate of drug-likeness (QED) is 0.923. The van der Waals surface area contributed by atoms with Gasteiger partial charge in [-0.1, -0.05) is 17.7 Å². The van der Waals surface area contributed by atoms with Crippen molar-refractivity contribution in [1.29, 1.82) is 0 Å². The topological polar surface area (TPSA) is 21.3 Å². The normalized spacial score (nSPS) is 12.2. The van der Waals surface area contributed by atoms with Crippen molar-refractivity contribution in [3.05, 3.63) is 64.2 Å². The molecule has 0 fully saturated rings. The van der Waals surface area contributed by atoms with Crippen LogP contribution in [0.5, 0.6) is 5.75 Å². The summed E-state index contributed by atoms with van der Waals surface area (Å²) in [6, 6.07) is 7.93. The maximum absolute atomic E-state index is 14.1. The van der Waals surface area contributed by atoms with E-state index in [4.69, 9.17) is 16.3 Å². The lowest BCUT2D eigenvalue weighted by Gasteiger charge is -2.21. The first-order chi connectivity index (χ1) is 9.58. The summed E-state index contributed by atoms with van der Waals surface area (Å²) in [6.07, 6.45) is 0. The van der Waals surface area contributed by atoms with Crippen molar-refractivity contribution in [2.45, 2.75) is 6.04 Å². The van der Waals surface area contributed by atoms with Crippen LogP contribution in [-0.2, 0) is 0 Å². The highest BCUT2D eigenvalue weighted by Gasteiger charge is 2.22. The van der Waals surface area contributed by atoms with Crippen LogP contribution in [0.2, 0.25) is 5.02 Å². The largest absolute Gasteiger partial charge is 0.496 e. The van der Waals surface area contributed by atoms with Crippen LogP contribution < -0.4 is 10.1 Å². The van der Waals surface area contributed by atoms with Gasteiger partial charge in [0.1, 0.15) is 17.4 Å². The summed E-state index contributed by atoms with van der Waals surface area (Å²) >= 11 is 6.07. The number of hydrogen-bond acceptors (Lipinski definition) is 2. The van der Waals surface area contributed by atoms with E-state index in [-0.39, 0.29) is 10.6 Å². The summed E-state index contributed by atoms with van der Waals surface area (Å²) in [5, 5.41) is 3.22. The first kappa shape index (κ1) is 14.8. The fourth-order valence-corrected chi connectivity index (χ4v) is 2.44. The number of methoxy groups -OCH3 is 1. The molecule has 106 valence electrons. The van der Waals surface area contributed by atoms with Crippen LogP contribution in [-0.4, -0.2) is 14.2 Å². The highest BCUT2D eigenvalue weighted by Crippen LogP contribution is 2.35. The average Bonchev–Trinajstić information content (AvgIpc) is 2.43. The Bertz CT molecular complexity index is 599. The van der Waals surface area contributed by atoms with E-state index in [1.54, 1.807) is 13.1 Å². The molecule has 2 aromatic carbocycles. The molecule has 0 spiro atoms. The standard InChI is InChI=1S/C15H14ClF2NO/c1-19-15(14-11(16)4-3-5-12(14)18)10-8-9(17)6-7-13(10)20-2/h3-8,15,19H,1-2H3. The Kier molecular flexibility index (Phi) is 4.57. The Hall–Kier alpha value is -1.65. The number of halogens is 3. The van der Waals surface area contributed by atoms with Gasteiger partial charge in [0.05, 0.1) is 13.2 Å². The van der Waals surface area contributed by atoms with Gasteiger partial charge in [0, 0.05) is 16.1 Å². The van der Waals surface area contributed by atoms with Crippen LogP contribution in [0.15, 0.2) is 36.4 Å². The second-order valence-corrected chi connectivity index (χ2v) is 4.65. The Labute approximate surface area is 121 Å². The van der Waals surface area contributed by atoms with Gasteiger partial charge in [0.25, 0.3) is 0 Å².